The van der Waals surface area contributed by atoms with Crippen molar-refractivity contribution in [1.82, 2.24) is 20.4 Å². The van der Waals surface area contributed by atoms with E-state index >= 15 is 0 Å². The Labute approximate surface area is 174 Å². The van der Waals surface area contributed by atoms with Crippen molar-refractivity contribution in [3.05, 3.63) is 41.2 Å². The van der Waals surface area contributed by atoms with Crippen LogP contribution in [0.1, 0.15) is 45.1 Å². The first-order chi connectivity index (χ1) is 13.8. The van der Waals surface area contributed by atoms with Gasteiger partial charge in [-0.2, -0.15) is 0 Å². The highest BCUT2D eigenvalue weighted by atomic mass is 16.2. The molecular weight excluding hydrogens is 362 g/mol. The Morgan fingerprint density at radius 3 is 2.48 bits per heavy atom. The fourth-order valence-electron chi connectivity index (χ4n) is 4.92. The molecule has 1 aromatic carbocycles. The number of nitrogens with zero attached hydrogens (tertiary/aromatic N) is 3. The van der Waals surface area contributed by atoms with Crippen LogP contribution in [0.3, 0.4) is 0 Å². The number of aryl methyl sites for hydroxylation is 1. The number of nitrogens with one attached hydrogen (secondary N) is 2. The molecule has 1 atom stereocenters. The number of carbonyl (C=O) groups is 1. The average molecular weight is 398 g/mol. The molecule has 1 fully saturated rings. The van der Waals surface area contributed by atoms with Gasteiger partial charge < -0.3 is 5.32 Å². The molecule has 6 nitrogen and oxygen atoms in total. The normalized spacial score (nSPS) is 31.0. The number of carbonyl (C=O) groups excluding carboxylic acids is 1. The van der Waals surface area contributed by atoms with E-state index in [1.165, 1.54) is 31.3 Å². The lowest BCUT2D eigenvalue weighted by Gasteiger charge is -2.51. The van der Waals surface area contributed by atoms with Crippen molar-refractivity contribution in [2.24, 2.45) is 5.92 Å². The Hall–Kier alpha value is -2.05. The second kappa shape index (κ2) is 7.65. The van der Waals surface area contributed by atoms with Gasteiger partial charge in [-0.25, -0.2) is 4.79 Å². The second-order valence-electron chi connectivity index (χ2n) is 9.32. The molecule has 2 heterocycles. The number of urea groups is 1. The lowest BCUT2D eigenvalue weighted by Crippen LogP contribution is -2.72. The van der Waals surface area contributed by atoms with E-state index in [0.29, 0.717) is 12.6 Å². The van der Waals surface area contributed by atoms with Crippen molar-refractivity contribution in [2.45, 2.75) is 58.3 Å². The number of anilines is 1. The molecule has 158 valence electrons. The Bertz CT molecular complexity index is 813. The van der Waals surface area contributed by atoms with E-state index in [1.54, 1.807) is 4.90 Å². The minimum atomic E-state index is -0.358. The summed E-state index contributed by atoms with van der Waals surface area (Å²) in [6.07, 6.45) is 5.01. The molecule has 1 unspecified atom stereocenters. The average Bonchev–Trinajstić information content (AvgIpc) is 2.69. The summed E-state index contributed by atoms with van der Waals surface area (Å²) in [5.41, 5.74) is 3.35. The Kier molecular flexibility index (Phi) is 5.34. The molecule has 3 aliphatic rings. The number of para-hydroxylation sites is 1. The Morgan fingerprint density at radius 1 is 1.10 bits per heavy atom. The summed E-state index contributed by atoms with van der Waals surface area (Å²) >= 11 is 0. The molecule has 1 aliphatic carbocycles. The molecule has 0 saturated heterocycles. The highest BCUT2D eigenvalue weighted by molar-refractivity contribution is 5.95. The summed E-state index contributed by atoms with van der Waals surface area (Å²) in [5, 5.41) is 7.53. The molecule has 2 aliphatic heterocycles. The molecule has 0 radical (unpaired) electrons. The molecule has 6 heteroatoms. The van der Waals surface area contributed by atoms with Gasteiger partial charge in [0, 0.05) is 30.9 Å². The molecule has 0 spiro atoms. The van der Waals surface area contributed by atoms with Gasteiger partial charge in [-0.05, 0) is 64.1 Å². The zero-order chi connectivity index (χ0) is 20.8. The van der Waals surface area contributed by atoms with Gasteiger partial charge >= 0.3 is 6.03 Å². The van der Waals surface area contributed by atoms with Crippen LogP contribution in [0, 0.1) is 12.8 Å². The molecule has 4 rings (SSSR count). The molecule has 29 heavy (non-hydrogen) atoms. The smallest absolute Gasteiger partial charge is 0.330 e. The van der Waals surface area contributed by atoms with E-state index < -0.39 is 0 Å². The predicted molar refractivity (Wildman–Crippen MR) is 117 cm³/mol. The molecule has 2 amide bonds. The van der Waals surface area contributed by atoms with Crippen LogP contribution in [-0.4, -0.2) is 54.8 Å². The largest absolute Gasteiger partial charge is 0.341 e. The third kappa shape index (κ3) is 3.76. The first kappa shape index (κ1) is 20.2. The molecule has 1 saturated carbocycles. The van der Waals surface area contributed by atoms with Crippen LogP contribution < -0.4 is 15.5 Å². The number of hydrogen-bond donors (Lipinski definition) is 2. The summed E-state index contributed by atoms with van der Waals surface area (Å²) in [4.78, 5) is 19.2. The molecule has 1 aromatic rings. The monoisotopic (exact) mass is 397 g/mol. The summed E-state index contributed by atoms with van der Waals surface area (Å²) in [5.74, 6) is 1.43. The van der Waals surface area contributed by atoms with Gasteiger partial charge in [-0.15, -0.1) is 0 Å². The zero-order valence-corrected chi connectivity index (χ0v) is 18.5. The van der Waals surface area contributed by atoms with Crippen molar-refractivity contribution < 1.29 is 4.79 Å². The third-order valence-corrected chi connectivity index (χ3v) is 7.00. The van der Waals surface area contributed by atoms with E-state index in [0.717, 1.165) is 29.5 Å². The van der Waals surface area contributed by atoms with Crippen LogP contribution >= 0.6 is 0 Å². The summed E-state index contributed by atoms with van der Waals surface area (Å²) < 4.78 is 0. The summed E-state index contributed by atoms with van der Waals surface area (Å²) in [6, 6.07) is 8.63. The van der Waals surface area contributed by atoms with Gasteiger partial charge in [0.05, 0.1) is 6.54 Å². The molecule has 0 bridgehead atoms. The van der Waals surface area contributed by atoms with Crippen LogP contribution in [0.15, 0.2) is 35.7 Å². The van der Waals surface area contributed by atoms with Crippen molar-refractivity contribution in [3.8, 4) is 0 Å². The van der Waals surface area contributed by atoms with E-state index in [4.69, 9.17) is 0 Å². The Morgan fingerprint density at radius 2 is 1.79 bits per heavy atom. The van der Waals surface area contributed by atoms with Gasteiger partial charge in [-0.1, -0.05) is 25.1 Å². The van der Waals surface area contributed by atoms with E-state index in [2.05, 4.69) is 49.4 Å². The van der Waals surface area contributed by atoms with E-state index in [9.17, 15) is 4.79 Å². The van der Waals surface area contributed by atoms with Crippen LogP contribution in [0.2, 0.25) is 0 Å². The molecular formula is C23H35N5O. The minimum absolute atomic E-state index is 0.0175. The minimum Gasteiger partial charge on any atom is -0.341 e. The fourth-order valence-corrected chi connectivity index (χ4v) is 4.92. The highest BCUT2D eigenvalue weighted by Gasteiger charge is 2.42. The number of rotatable bonds is 3. The van der Waals surface area contributed by atoms with Gasteiger partial charge in [0.1, 0.15) is 11.6 Å². The van der Waals surface area contributed by atoms with E-state index in [1.807, 2.05) is 30.1 Å². The number of likely N-dealkylation sites (N-methyl/N-ethyl adjacent to an activating group) is 1. The molecule has 0 aromatic heterocycles. The molecule has 2 N–H and O–H groups in total. The van der Waals surface area contributed by atoms with Crippen molar-refractivity contribution in [1.29, 1.82) is 0 Å². The Balaban J connectivity index is 1.56. The third-order valence-electron chi connectivity index (χ3n) is 7.00. The van der Waals surface area contributed by atoms with Crippen LogP contribution in [0.25, 0.3) is 0 Å². The van der Waals surface area contributed by atoms with Crippen LogP contribution in [0.4, 0.5) is 10.5 Å². The number of hydrogen-bond acceptors (Lipinski definition) is 4. The second-order valence-corrected chi connectivity index (χ2v) is 9.32. The highest BCUT2D eigenvalue weighted by Crippen LogP contribution is 2.32. The quantitative estimate of drug-likeness (QED) is 0.820. The van der Waals surface area contributed by atoms with Gasteiger partial charge in [0.2, 0.25) is 0 Å². The lowest BCUT2D eigenvalue weighted by molar-refractivity contribution is 0.0371. The van der Waals surface area contributed by atoms with Crippen LogP contribution in [0.5, 0.6) is 0 Å². The first-order valence-electron chi connectivity index (χ1n) is 10.9. The number of benzene rings is 1. The maximum absolute atomic E-state index is 13.2. The summed E-state index contributed by atoms with van der Waals surface area (Å²) in [6.45, 7) is 8.06. The van der Waals surface area contributed by atoms with E-state index in [-0.39, 0.29) is 11.8 Å². The topological polar surface area (TPSA) is 50.9 Å². The van der Waals surface area contributed by atoms with Crippen LogP contribution in [-0.2, 0) is 0 Å². The lowest BCUT2D eigenvalue weighted by atomic mass is 9.87. The van der Waals surface area contributed by atoms with Gasteiger partial charge in [-0.3, -0.25) is 20.0 Å². The van der Waals surface area contributed by atoms with Gasteiger partial charge in [0.25, 0.3) is 0 Å². The summed E-state index contributed by atoms with van der Waals surface area (Å²) in [7, 11) is 4.03. The van der Waals surface area contributed by atoms with Crippen molar-refractivity contribution in [3.63, 3.8) is 0 Å². The van der Waals surface area contributed by atoms with Gasteiger partial charge in [0.15, 0.2) is 0 Å². The fraction of sp³-hybridized carbons (Fsp3) is 0.609. The zero-order valence-electron chi connectivity index (χ0n) is 18.5. The van der Waals surface area contributed by atoms with Crippen molar-refractivity contribution in [2.75, 3.05) is 32.1 Å². The maximum atomic E-state index is 13.2. The number of amides is 2. The SMILES string of the molecule is Cc1ccccc1N1CC2=C(NC(C)(NC3CCC(C)CC3)N(C)C2)N(C)C1=O. The first-order valence-corrected chi connectivity index (χ1v) is 10.9. The predicted octanol–water partition coefficient (Wildman–Crippen LogP) is 3.46. The van der Waals surface area contributed by atoms with Crippen molar-refractivity contribution >= 4 is 11.7 Å². The standard InChI is InChI=1S/C23H35N5O/c1-16-10-12-19(13-11-16)24-23(3)25-21-18(14-26(23)4)15-28(22(29)27(21)5)20-9-7-6-8-17(20)2/h6-9,16,19,24-25H,10-15H2,1-5H3. The maximum Gasteiger partial charge on any atom is 0.330 e.